The van der Waals surface area contributed by atoms with Gasteiger partial charge in [0.15, 0.2) is 0 Å². The van der Waals surface area contributed by atoms with Crippen LogP contribution < -0.4 is 4.74 Å². The van der Waals surface area contributed by atoms with Gasteiger partial charge in [-0.25, -0.2) is 0 Å². The molecule has 0 bridgehead atoms. The summed E-state index contributed by atoms with van der Waals surface area (Å²) in [6, 6.07) is 12.3. The number of hydrogen-bond acceptors (Lipinski definition) is 5. The highest BCUT2D eigenvalue weighted by Gasteiger charge is 2.46. The predicted molar refractivity (Wildman–Crippen MR) is 140 cm³/mol. The minimum absolute atomic E-state index is 0.0107. The van der Waals surface area contributed by atoms with Gasteiger partial charge in [-0.05, 0) is 43.5 Å². The molecule has 1 saturated heterocycles. The summed E-state index contributed by atoms with van der Waals surface area (Å²) in [4.78, 5) is 31.4. The first-order chi connectivity index (χ1) is 17.0. The van der Waals surface area contributed by atoms with Gasteiger partial charge in [-0.2, -0.15) is 0 Å². The molecule has 1 atom stereocenters. The zero-order valence-electron chi connectivity index (χ0n) is 21.7. The average Bonchev–Trinajstić information content (AvgIpc) is 3.36. The Morgan fingerprint density at radius 2 is 1.86 bits per heavy atom. The number of benzene rings is 2. The molecule has 2 heterocycles. The van der Waals surface area contributed by atoms with Gasteiger partial charge >= 0.3 is 0 Å². The number of carbonyl (C=O) groups is 2. The molecule has 190 valence electrons. The molecule has 0 saturated carbocycles. The second kappa shape index (κ2) is 9.82. The van der Waals surface area contributed by atoms with E-state index in [1.807, 2.05) is 65.0 Å². The number of methoxy groups -OCH3 is 1. The number of aliphatic hydroxyl groups is 1. The van der Waals surface area contributed by atoms with Crippen LogP contribution in [0.4, 0.5) is 0 Å². The first kappa shape index (κ1) is 25.5. The van der Waals surface area contributed by atoms with Gasteiger partial charge < -0.3 is 24.5 Å². The van der Waals surface area contributed by atoms with E-state index in [9.17, 15) is 14.7 Å². The molecule has 0 aliphatic carbocycles. The number of likely N-dealkylation sites (tertiary alicyclic amines) is 1. The quantitative estimate of drug-likeness (QED) is 0.266. The molecule has 1 aliphatic rings. The molecule has 7 nitrogen and oxygen atoms in total. The Balaban J connectivity index is 1.89. The van der Waals surface area contributed by atoms with E-state index in [1.54, 1.807) is 25.4 Å². The third-order valence-corrected chi connectivity index (χ3v) is 6.52. The Morgan fingerprint density at radius 1 is 1.14 bits per heavy atom. The number of nitrogens with one attached hydrogen (secondary N) is 1. The molecular formula is C29H34N2O5. The van der Waals surface area contributed by atoms with E-state index in [0.29, 0.717) is 11.3 Å². The van der Waals surface area contributed by atoms with Gasteiger partial charge in [0.05, 0.1) is 31.4 Å². The molecule has 0 radical (unpaired) electrons. The van der Waals surface area contributed by atoms with Crippen LogP contribution in [0.25, 0.3) is 16.7 Å². The van der Waals surface area contributed by atoms with Crippen molar-refractivity contribution in [3.63, 3.8) is 0 Å². The molecule has 1 aliphatic heterocycles. The Kier molecular flexibility index (Phi) is 6.96. The fourth-order valence-electron chi connectivity index (χ4n) is 4.74. The Morgan fingerprint density at radius 3 is 2.53 bits per heavy atom. The maximum Gasteiger partial charge on any atom is 0.295 e. The summed E-state index contributed by atoms with van der Waals surface area (Å²) in [5.74, 6) is -0.869. The van der Waals surface area contributed by atoms with Crippen LogP contribution in [-0.4, -0.2) is 53.0 Å². The topological polar surface area (TPSA) is 91.9 Å². The van der Waals surface area contributed by atoms with Crippen molar-refractivity contribution >= 4 is 28.4 Å². The fourth-order valence-corrected chi connectivity index (χ4v) is 4.74. The molecule has 3 aromatic rings. The van der Waals surface area contributed by atoms with Gasteiger partial charge in [-0.15, -0.1) is 0 Å². The second-order valence-corrected chi connectivity index (χ2v) is 10.4. The zero-order chi connectivity index (χ0) is 26.2. The lowest BCUT2D eigenvalue weighted by Gasteiger charge is -2.26. The van der Waals surface area contributed by atoms with E-state index in [0.717, 1.165) is 22.0 Å². The van der Waals surface area contributed by atoms with Crippen molar-refractivity contribution < 1.29 is 24.2 Å². The Bertz CT molecular complexity index is 1330. The molecule has 2 N–H and O–H groups in total. The van der Waals surface area contributed by atoms with Gasteiger partial charge in [0.1, 0.15) is 11.5 Å². The number of carbonyl (C=O) groups excluding carboxylic acids is 2. The van der Waals surface area contributed by atoms with E-state index >= 15 is 0 Å². The van der Waals surface area contributed by atoms with Crippen LogP contribution in [0.15, 0.2) is 54.2 Å². The number of aliphatic hydroxyl groups excluding tert-OH is 1. The van der Waals surface area contributed by atoms with Crippen molar-refractivity contribution in [3.05, 3.63) is 70.9 Å². The SMILES string of the molecule is COc1ccc(/C(O)=C2\C(=O)C(=O)N(CCOC(C)C)C2c2c[nH]c3ccccc23)cc1C(C)(C)C. The number of aromatic nitrogens is 1. The van der Waals surface area contributed by atoms with E-state index in [1.165, 1.54) is 4.90 Å². The molecule has 4 rings (SSSR count). The van der Waals surface area contributed by atoms with E-state index in [4.69, 9.17) is 9.47 Å². The summed E-state index contributed by atoms with van der Waals surface area (Å²) >= 11 is 0. The minimum atomic E-state index is -0.753. The van der Waals surface area contributed by atoms with E-state index < -0.39 is 17.7 Å². The number of fused-ring (bicyclic) bond motifs is 1. The smallest absolute Gasteiger partial charge is 0.295 e. The first-order valence-corrected chi connectivity index (χ1v) is 12.2. The number of H-pyrrole nitrogens is 1. The number of hydrogen-bond donors (Lipinski definition) is 2. The highest BCUT2D eigenvalue weighted by atomic mass is 16.5. The third-order valence-electron chi connectivity index (χ3n) is 6.52. The molecule has 7 heteroatoms. The summed E-state index contributed by atoms with van der Waals surface area (Å²) < 4.78 is 11.2. The van der Waals surface area contributed by atoms with Crippen molar-refractivity contribution in [1.82, 2.24) is 9.88 Å². The number of amides is 1. The van der Waals surface area contributed by atoms with Crippen LogP contribution in [0, 0.1) is 0 Å². The maximum atomic E-state index is 13.4. The molecule has 1 amide bonds. The van der Waals surface area contributed by atoms with Crippen molar-refractivity contribution in [3.8, 4) is 5.75 Å². The zero-order valence-corrected chi connectivity index (χ0v) is 21.7. The maximum absolute atomic E-state index is 13.4. The number of ketones is 1. The number of aromatic amines is 1. The lowest BCUT2D eigenvalue weighted by Crippen LogP contribution is -2.33. The van der Waals surface area contributed by atoms with E-state index in [2.05, 4.69) is 4.98 Å². The largest absolute Gasteiger partial charge is 0.507 e. The van der Waals surface area contributed by atoms with Crippen molar-refractivity contribution in [2.24, 2.45) is 0 Å². The number of rotatable bonds is 7. The normalized spacial score (nSPS) is 18.0. The molecule has 0 spiro atoms. The van der Waals surface area contributed by atoms with Crippen LogP contribution >= 0.6 is 0 Å². The molecular weight excluding hydrogens is 456 g/mol. The van der Waals surface area contributed by atoms with Crippen molar-refractivity contribution in [2.75, 3.05) is 20.3 Å². The summed E-state index contributed by atoms with van der Waals surface area (Å²) in [5, 5.41) is 12.4. The van der Waals surface area contributed by atoms with E-state index in [-0.39, 0.29) is 36.0 Å². The summed E-state index contributed by atoms with van der Waals surface area (Å²) in [7, 11) is 1.60. The number of ether oxygens (including phenoxy) is 2. The molecule has 1 aromatic heterocycles. The third kappa shape index (κ3) is 4.63. The van der Waals surface area contributed by atoms with Gasteiger partial charge in [-0.1, -0.05) is 39.0 Å². The standard InChI is InChI=1S/C29H34N2O5/c1-17(2)36-14-13-31-25(20-16-30-22-10-8-7-9-19(20)22)24(27(33)28(31)34)26(32)18-11-12-23(35-6)21(15-18)29(3,4)5/h7-12,15-17,25,30,32H,13-14H2,1-6H3/b26-24+. The minimum Gasteiger partial charge on any atom is -0.507 e. The van der Waals surface area contributed by atoms with Gasteiger partial charge in [0.25, 0.3) is 11.7 Å². The van der Waals surface area contributed by atoms with Crippen LogP contribution in [0.5, 0.6) is 5.75 Å². The number of nitrogens with zero attached hydrogens (tertiary/aromatic N) is 1. The second-order valence-electron chi connectivity index (χ2n) is 10.4. The molecule has 1 unspecified atom stereocenters. The first-order valence-electron chi connectivity index (χ1n) is 12.2. The van der Waals surface area contributed by atoms with Crippen molar-refractivity contribution in [1.29, 1.82) is 0 Å². The Hall–Kier alpha value is -3.58. The van der Waals surface area contributed by atoms with Crippen LogP contribution in [-0.2, 0) is 19.7 Å². The van der Waals surface area contributed by atoms with Crippen LogP contribution in [0.2, 0.25) is 0 Å². The average molecular weight is 491 g/mol. The number of para-hydroxylation sites is 1. The highest BCUT2D eigenvalue weighted by molar-refractivity contribution is 6.46. The fraction of sp³-hybridized carbons (Fsp3) is 0.379. The lowest BCUT2D eigenvalue weighted by atomic mass is 9.84. The lowest BCUT2D eigenvalue weighted by molar-refractivity contribution is -0.140. The molecule has 2 aromatic carbocycles. The van der Waals surface area contributed by atoms with Crippen molar-refractivity contribution in [2.45, 2.75) is 52.2 Å². The van der Waals surface area contributed by atoms with Gasteiger partial charge in [0, 0.05) is 40.3 Å². The summed E-state index contributed by atoms with van der Waals surface area (Å²) in [6.07, 6.45) is 1.79. The van der Waals surface area contributed by atoms with Crippen LogP contribution in [0.1, 0.15) is 57.4 Å². The molecule has 1 fully saturated rings. The van der Waals surface area contributed by atoms with Gasteiger partial charge in [-0.3, -0.25) is 9.59 Å². The van der Waals surface area contributed by atoms with Gasteiger partial charge in [0.2, 0.25) is 0 Å². The summed E-state index contributed by atoms with van der Waals surface area (Å²) in [5.41, 5.74) is 2.79. The monoisotopic (exact) mass is 490 g/mol. The molecule has 36 heavy (non-hydrogen) atoms. The van der Waals surface area contributed by atoms with Crippen LogP contribution in [0.3, 0.4) is 0 Å². The highest BCUT2D eigenvalue weighted by Crippen LogP contribution is 2.42. The Labute approximate surface area is 211 Å². The predicted octanol–water partition coefficient (Wildman–Crippen LogP) is 5.32. The number of Topliss-reactive ketones (excluding diaryl/α,β-unsaturated/α-hetero) is 1. The summed E-state index contributed by atoms with van der Waals surface area (Å²) in [6.45, 7) is 10.5.